The predicted molar refractivity (Wildman–Crippen MR) is 160 cm³/mol. The maximum absolute atomic E-state index is 14.0. The van der Waals surface area contributed by atoms with Crippen LogP contribution in [0, 0.1) is 27.2 Å². The van der Waals surface area contributed by atoms with E-state index in [2.05, 4.69) is 5.32 Å². The van der Waals surface area contributed by atoms with Gasteiger partial charge in [-0.1, -0.05) is 18.2 Å². The number of rotatable bonds is 7. The van der Waals surface area contributed by atoms with Crippen molar-refractivity contribution in [3.05, 3.63) is 75.9 Å². The second-order valence-corrected chi connectivity index (χ2v) is 12.0. The van der Waals surface area contributed by atoms with Crippen molar-refractivity contribution in [1.82, 2.24) is 0 Å². The summed E-state index contributed by atoms with van der Waals surface area (Å²) in [5, 5.41) is 25.6. The summed E-state index contributed by atoms with van der Waals surface area (Å²) in [6.45, 7) is 0.181. The molecule has 3 aliphatic rings. The number of nitrogens with one attached hydrogen (secondary N) is 1. The van der Waals surface area contributed by atoms with Crippen LogP contribution in [0.2, 0.25) is 0 Å². The predicted octanol–water partition coefficient (Wildman–Crippen LogP) is 4.99. The number of amides is 2. The van der Waals surface area contributed by atoms with E-state index >= 15 is 0 Å². The first-order valence-electron chi connectivity index (χ1n) is 13.5. The van der Waals surface area contributed by atoms with Gasteiger partial charge in [0.2, 0.25) is 11.8 Å². The molecular weight excluding hydrogens is 639 g/mol. The average Bonchev–Trinajstić information content (AvgIpc) is 3.45. The van der Waals surface area contributed by atoms with Crippen LogP contribution in [0.15, 0.2) is 66.7 Å². The largest absolute Gasteiger partial charge is 0.504 e. The summed E-state index contributed by atoms with van der Waals surface area (Å²) in [6, 6.07) is 20.4. The van der Waals surface area contributed by atoms with Crippen LogP contribution in [0.25, 0.3) is 0 Å². The van der Waals surface area contributed by atoms with Gasteiger partial charge in [-0.2, -0.15) is 0 Å². The number of phenols is 1. The van der Waals surface area contributed by atoms with Crippen molar-refractivity contribution in [2.75, 3.05) is 31.0 Å². The highest BCUT2D eigenvalue weighted by Gasteiger charge is 2.67. The van der Waals surface area contributed by atoms with Crippen LogP contribution in [0.1, 0.15) is 24.5 Å². The van der Waals surface area contributed by atoms with E-state index in [-0.39, 0.29) is 30.6 Å². The van der Waals surface area contributed by atoms with E-state index in [0.29, 0.717) is 21.4 Å². The molecule has 0 radical (unpaired) electrons. The number of imide groups is 1. The minimum atomic E-state index is -1.66. The quantitative estimate of drug-likeness (QED) is 0.238. The maximum Gasteiger partial charge on any atom is 0.238 e. The Labute approximate surface area is 251 Å². The van der Waals surface area contributed by atoms with Crippen LogP contribution in [-0.2, 0) is 19.1 Å². The molecule has 1 aliphatic carbocycles. The Morgan fingerprint density at radius 3 is 2.41 bits per heavy atom. The molecule has 3 N–H and O–H groups in total. The molecule has 2 saturated heterocycles. The molecule has 3 aromatic carbocycles. The number of methoxy groups -OCH3 is 2. The Morgan fingerprint density at radius 1 is 1.02 bits per heavy atom. The number of halogens is 1. The number of benzene rings is 3. The van der Waals surface area contributed by atoms with Gasteiger partial charge < -0.3 is 29.7 Å². The zero-order valence-corrected chi connectivity index (χ0v) is 24.8. The number of carbonyl (C=O) groups excluding carboxylic acids is 2. The number of phenolic OH excluding ortho intramolecular Hbond substituents is 1. The van der Waals surface area contributed by atoms with Crippen molar-refractivity contribution in [3.63, 3.8) is 0 Å². The second-order valence-electron chi connectivity index (χ2n) is 10.8. The van der Waals surface area contributed by atoms with Crippen LogP contribution >= 0.6 is 22.6 Å². The molecule has 6 atom stereocenters. The number of anilines is 3. The number of nitrogens with zero attached hydrogens (tertiary/aromatic N) is 1. The summed E-state index contributed by atoms with van der Waals surface area (Å²) < 4.78 is 17.7. The standard InChI is InChI=1S/C31H31IN2O7/c1-39-16-18-14-22-27(23-15-25(41-31(18,23)38)17-12-24(32)28(35)26(13-17)40-2)30(37)34(29(22)36)21-10-8-20(9-11-21)33-19-6-4-3-5-7-19/h3-13,18,22-23,25,27,33,35,38H,14-16H2,1-2H3/t18-,22+,23+,25+,27+,31-/m1/s1. The van der Waals surface area contributed by atoms with E-state index in [1.54, 1.807) is 31.4 Å². The summed E-state index contributed by atoms with van der Waals surface area (Å²) in [4.78, 5) is 29.0. The third kappa shape index (κ3) is 4.76. The molecular formula is C31H31IN2O7. The molecule has 214 valence electrons. The van der Waals surface area contributed by atoms with Crippen LogP contribution in [0.5, 0.6) is 11.5 Å². The van der Waals surface area contributed by atoms with Crippen molar-refractivity contribution in [2.45, 2.75) is 24.7 Å². The van der Waals surface area contributed by atoms with Crippen molar-refractivity contribution in [1.29, 1.82) is 0 Å². The zero-order chi connectivity index (χ0) is 28.9. The number of carbonyl (C=O) groups is 2. The first-order chi connectivity index (χ1) is 19.7. The van der Waals surface area contributed by atoms with E-state index < -0.39 is 35.6 Å². The van der Waals surface area contributed by atoms with Gasteiger partial charge in [-0.25, -0.2) is 0 Å². The molecule has 1 saturated carbocycles. The Kier molecular flexibility index (Phi) is 7.43. The lowest BCUT2D eigenvalue weighted by Crippen LogP contribution is -2.54. The first-order valence-corrected chi connectivity index (χ1v) is 14.6. The maximum atomic E-state index is 14.0. The van der Waals surface area contributed by atoms with Crippen molar-refractivity contribution < 1.29 is 34.0 Å². The van der Waals surface area contributed by atoms with Gasteiger partial charge in [0.15, 0.2) is 17.3 Å². The molecule has 3 fully saturated rings. The molecule has 2 aliphatic heterocycles. The highest BCUT2D eigenvalue weighted by Crippen LogP contribution is 2.59. The van der Waals surface area contributed by atoms with Gasteiger partial charge in [0.25, 0.3) is 0 Å². The third-order valence-corrected chi connectivity index (χ3v) is 9.38. The average molecular weight is 671 g/mol. The monoisotopic (exact) mass is 670 g/mol. The van der Waals surface area contributed by atoms with Crippen LogP contribution < -0.4 is 15.0 Å². The Morgan fingerprint density at radius 2 is 1.73 bits per heavy atom. The lowest BCUT2D eigenvalue weighted by Gasteiger charge is -2.44. The van der Waals surface area contributed by atoms with E-state index in [0.717, 1.165) is 16.9 Å². The molecule has 2 amide bonds. The minimum Gasteiger partial charge on any atom is -0.504 e. The van der Waals surface area contributed by atoms with Crippen LogP contribution in [0.4, 0.5) is 17.1 Å². The molecule has 6 rings (SSSR count). The molecule has 9 nitrogen and oxygen atoms in total. The molecule has 41 heavy (non-hydrogen) atoms. The summed E-state index contributed by atoms with van der Waals surface area (Å²) >= 11 is 2.02. The number of para-hydroxylation sites is 1. The van der Waals surface area contributed by atoms with E-state index in [1.807, 2.05) is 65.1 Å². The Hall–Kier alpha value is -3.19. The highest BCUT2D eigenvalue weighted by atomic mass is 127. The second kappa shape index (κ2) is 10.9. The van der Waals surface area contributed by atoms with Crippen molar-refractivity contribution in [3.8, 4) is 11.5 Å². The third-order valence-electron chi connectivity index (χ3n) is 8.56. The fourth-order valence-electron chi connectivity index (χ4n) is 6.65. The van der Waals surface area contributed by atoms with Gasteiger partial charge in [-0.05, 0) is 89.5 Å². The SMILES string of the molecule is COC[C@H]1C[C@@H]2C(=O)N(c3ccc(Nc4ccccc4)cc3)C(=O)[C@@H]2[C@@H]2C[C@@H](c3cc(I)c(O)c(OC)c3)O[C@]12O. The van der Waals surface area contributed by atoms with Gasteiger partial charge in [0, 0.05) is 30.3 Å². The van der Waals surface area contributed by atoms with Gasteiger partial charge >= 0.3 is 0 Å². The van der Waals surface area contributed by atoms with Crippen LogP contribution in [0.3, 0.4) is 0 Å². The van der Waals surface area contributed by atoms with E-state index in [9.17, 15) is 19.8 Å². The number of fused-ring (bicyclic) bond motifs is 3. The lowest BCUT2D eigenvalue weighted by atomic mass is 9.64. The summed E-state index contributed by atoms with van der Waals surface area (Å²) in [5.41, 5.74) is 2.97. The molecule has 0 spiro atoms. The molecule has 2 heterocycles. The number of ether oxygens (including phenoxy) is 3. The Balaban J connectivity index is 1.30. The van der Waals surface area contributed by atoms with E-state index in [1.165, 1.54) is 12.0 Å². The number of hydrogen-bond acceptors (Lipinski definition) is 8. The summed E-state index contributed by atoms with van der Waals surface area (Å²) in [6.07, 6.45) is 0.0318. The fourth-order valence-corrected chi connectivity index (χ4v) is 7.28. The molecule has 0 bridgehead atoms. The number of hydrogen-bond donors (Lipinski definition) is 3. The normalized spacial score (nSPS) is 28.9. The number of aliphatic hydroxyl groups is 1. The number of aromatic hydroxyl groups is 1. The molecule has 10 heteroatoms. The molecule has 3 aromatic rings. The summed E-state index contributed by atoms with van der Waals surface area (Å²) in [5.74, 6) is -4.37. The van der Waals surface area contributed by atoms with E-state index in [4.69, 9.17) is 14.2 Å². The van der Waals surface area contributed by atoms with Crippen LogP contribution in [-0.4, -0.2) is 48.6 Å². The van der Waals surface area contributed by atoms with Crippen molar-refractivity contribution >= 4 is 51.5 Å². The molecule has 0 unspecified atom stereocenters. The van der Waals surface area contributed by atoms with Gasteiger partial charge in [-0.15, -0.1) is 0 Å². The van der Waals surface area contributed by atoms with Gasteiger partial charge in [0.1, 0.15) is 0 Å². The fraction of sp³-hybridized carbons (Fsp3) is 0.355. The van der Waals surface area contributed by atoms with Gasteiger partial charge in [0.05, 0.1) is 40.9 Å². The Bertz CT molecular complexity index is 1470. The topological polar surface area (TPSA) is 118 Å². The zero-order valence-electron chi connectivity index (χ0n) is 22.6. The van der Waals surface area contributed by atoms with Gasteiger partial charge in [-0.3, -0.25) is 14.5 Å². The highest BCUT2D eigenvalue weighted by molar-refractivity contribution is 14.1. The molecule has 0 aromatic heterocycles. The smallest absolute Gasteiger partial charge is 0.238 e. The summed E-state index contributed by atoms with van der Waals surface area (Å²) in [7, 11) is 3.02. The van der Waals surface area contributed by atoms with Crippen molar-refractivity contribution in [2.24, 2.45) is 23.7 Å². The minimum absolute atomic E-state index is 0.0282. The first kappa shape index (κ1) is 28.0. The lowest BCUT2D eigenvalue weighted by molar-refractivity contribution is -0.275.